The Morgan fingerprint density at radius 3 is 2.68 bits per heavy atom. The zero-order valence-electron chi connectivity index (χ0n) is 9.95. The van der Waals surface area contributed by atoms with Gasteiger partial charge in [0.25, 0.3) is 0 Å². The summed E-state index contributed by atoms with van der Waals surface area (Å²) in [6, 6.07) is 5.45. The number of halogens is 2. The second kappa shape index (κ2) is 6.05. The van der Waals surface area contributed by atoms with Gasteiger partial charge in [0.1, 0.15) is 6.33 Å². The molecule has 2 aromatic rings. The van der Waals surface area contributed by atoms with Crippen LogP contribution in [0, 0.1) is 0 Å². The third-order valence-corrected chi connectivity index (χ3v) is 3.56. The van der Waals surface area contributed by atoms with Crippen LogP contribution in [-0.4, -0.2) is 17.1 Å². The summed E-state index contributed by atoms with van der Waals surface area (Å²) < 4.78 is 6.04. The van der Waals surface area contributed by atoms with E-state index in [-0.39, 0.29) is 0 Å². The highest BCUT2D eigenvalue weighted by Crippen LogP contribution is 2.32. The number of nitrogens with one attached hydrogen (secondary N) is 2. The van der Waals surface area contributed by atoms with Crippen LogP contribution < -0.4 is 21.3 Å². The summed E-state index contributed by atoms with van der Waals surface area (Å²) in [4.78, 5) is 8.06. The summed E-state index contributed by atoms with van der Waals surface area (Å²) in [5.74, 6) is 6.66. The molecule has 0 aliphatic carbocycles. The van der Waals surface area contributed by atoms with Crippen molar-refractivity contribution in [3.05, 3.63) is 34.0 Å². The quantitative estimate of drug-likeness (QED) is 0.584. The molecule has 6 nitrogen and oxygen atoms in total. The molecule has 19 heavy (non-hydrogen) atoms. The van der Waals surface area contributed by atoms with Gasteiger partial charge in [-0.2, -0.15) is 0 Å². The van der Waals surface area contributed by atoms with Crippen molar-refractivity contribution in [3.63, 3.8) is 0 Å². The molecule has 0 saturated carbocycles. The Balaban J connectivity index is 2.35. The number of anilines is 3. The van der Waals surface area contributed by atoms with Crippen LogP contribution in [0.2, 0.25) is 5.02 Å². The van der Waals surface area contributed by atoms with Crippen molar-refractivity contribution in [2.75, 3.05) is 17.9 Å². The van der Waals surface area contributed by atoms with Crippen molar-refractivity contribution < 1.29 is 4.74 Å². The largest absolute Gasteiger partial charge is 0.490 e. The molecule has 8 heteroatoms. The molecule has 0 aliphatic heterocycles. The number of hydrogen-bond donors (Lipinski definition) is 3. The van der Waals surface area contributed by atoms with E-state index in [0.717, 1.165) is 10.2 Å². The first kappa shape index (κ1) is 13.9. The van der Waals surface area contributed by atoms with E-state index in [1.54, 1.807) is 6.07 Å². The molecule has 0 atom stereocenters. The molecule has 0 spiro atoms. The zero-order chi connectivity index (χ0) is 13.8. The first-order valence-electron chi connectivity index (χ1n) is 5.23. The van der Waals surface area contributed by atoms with Crippen LogP contribution in [0.1, 0.15) is 0 Å². The van der Waals surface area contributed by atoms with Crippen molar-refractivity contribution in [1.29, 1.82) is 0 Å². The molecule has 1 aromatic carbocycles. The van der Waals surface area contributed by atoms with Crippen LogP contribution in [0.4, 0.5) is 17.3 Å². The van der Waals surface area contributed by atoms with Gasteiger partial charge >= 0.3 is 0 Å². The maximum absolute atomic E-state index is 6.03. The van der Waals surface area contributed by atoms with Crippen molar-refractivity contribution in [2.45, 2.75) is 0 Å². The highest BCUT2D eigenvalue weighted by Gasteiger charge is 2.11. The van der Waals surface area contributed by atoms with E-state index in [2.05, 4.69) is 36.6 Å². The van der Waals surface area contributed by atoms with Gasteiger partial charge in [-0.1, -0.05) is 11.6 Å². The second-order valence-corrected chi connectivity index (χ2v) is 4.76. The standard InChI is InChI=1S/C11H11BrClN5O/c1-19-9-10(15-5-16-11(9)18-14)17-6-2-3-7(12)8(13)4-6/h2-5H,14H2,1H3,(H2,15,16,17,18). The van der Waals surface area contributed by atoms with Gasteiger partial charge in [0.2, 0.25) is 5.75 Å². The predicted molar refractivity (Wildman–Crippen MR) is 78.8 cm³/mol. The molecule has 2 rings (SSSR count). The minimum absolute atomic E-state index is 0.392. The number of nitrogens with zero attached hydrogens (tertiary/aromatic N) is 2. The van der Waals surface area contributed by atoms with Gasteiger partial charge < -0.3 is 15.5 Å². The fourth-order valence-electron chi connectivity index (χ4n) is 1.47. The van der Waals surface area contributed by atoms with Gasteiger partial charge in [-0.3, -0.25) is 0 Å². The smallest absolute Gasteiger partial charge is 0.205 e. The lowest BCUT2D eigenvalue weighted by Gasteiger charge is -2.12. The topological polar surface area (TPSA) is 85.1 Å². The summed E-state index contributed by atoms with van der Waals surface area (Å²) in [5, 5.41) is 3.68. The van der Waals surface area contributed by atoms with Crippen molar-refractivity contribution in [3.8, 4) is 5.75 Å². The van der Waals surface area contributed by atoms with Gasteiger partial charge in [-0.05, 0) is 34.1 Å². The van der Waals surface area contributed by atoms with Crippen LogP contribution in [0.3, 0.4) is 0 Å². The molecule has 0 amide bonds. The van der Waals surface area contributed by atoms with Crippen LogP contribution in [0.5, 0.6) is 5.75 Å². The van der Waals surface area contributed by atoms with E-state index >= 15 is 0 Å². The maximum atomic E-state index is 6.03. The SMILES string of the molecule is COc1c(NN)ncnc1Nc1ccc(Br)c(Cl)c1. The van der Waals surface area contributed by atoms with E-state index in [4.69, 9.17) is 22.2 Å². The highest BCUT2D eigenvalue weighted by molar-refractivity contribution is 9.10. The van der Waals surface area contributed by atoms with Crippen LogP contribution in [0.25, 0.3) is 0 Å². The lowest BCUT2D eigenvalue weighted by Crippen LogP contribution is -2.11. The van der Waals surface area contributed by atoms with E-state index in [1.165, 1.54) is 13.4 Å². The molecule has 0 fully saturated rings. The second-order valence-electron chi connectivity index (χ2n) is 3.50. The molecule has 0 radical (unpaired) electrons. The average Bonchev–Trinajstić information content (AvgIpc) is 2.42. The third-order valence-electron chi connectivity index (χ3n) is 2.33. The number of benzene rings is 1. The van der Waals surface area contributed by atoms with Crippen molar-refractivity contribution in [1.82, 2.24) is 9.97 Å². The monoisotopic (exact) mass is 343 g/mol. The number of aromatic nitrogens is 2. The lowest BCUT2D eigenvalue weighted by atomic mass is 10.3. The molecule has 0 bridgehead atoms. The lowest BCUT2D eigenvalue weighted by molar-refractivity contribution is 0.415. The number of hydrogen-bond acceptors (Lipinski definition) is 6. The van der Waals surface area contributed by atoms with E-state index < -0.39 is 0 Å². The molecule has 4 N–H and O–H groups in total. The molecule has 1 heterocycles. The van der Waals surface area contributed by atoms with Gasteiger partial charge in [0.15, 0.2) is 11.6 Å². The van der Waals surface area contributed by atoms with Crippen LogP contribution >= 0.6 is 27.5 Å². The van der Waals surface area contributed by atoms with Crippen molar-refractivity contribution in [2.24, 2.45) is 5.84 Å². The molecule has 0 unspecified atom stereocenters. The Hall–Kier alpha value is -1.57. The number of rotatable bonds is 4. The van der Waals surface area contributed by atoms with Gasteiger partial charge in [0, 0.05) is 10.2 Å². The number of methoxy groups -OCH3 is 1. The summed E-state index contributed by atoms with van der Waals surface area (Å²) in [7, 11) is 1.51. The first-order valence-corrected chi connectivity index (χ1v) is 6.40. The van der Waals surface area contributed by atoms with E-state index in [9.17, 15) is 0 Å². The summed E-state index contributed by atoms with van der Waals surface area (Å²) in [6.07, 6.45) is 1.38. The Bertz CT molecular complexity index is 595. The molecular formula is C11H11BrClN5O. The number of nitrogens with two attached hydrogens (primary N) is 1. The van der Waals surface area contributed by atoms with Gasteiger partial charge in [0.05, 0.1) is 12.1 Å². The van der Waals surface area contributed by atoms with Crippen LogP contribution in [-0.2, 0) is 0 Å². The van der Waals surface area contributed by atoms with Crippen molar-refractivity contribution >= 4 is 44.9 Å². The summed E-state index contributed by atoms with van der Waals surface area (Å²) >= 11 is 9.36. The number of ether oxygens (including phenoxy) is 1. The predicted octanol–water partition coefficient (Wildman–Crippen LogP) is 2.93. The minimum atomic E-state index is 0.392. The number of hydrazine groups is 1. The van der Waals surface area contributed by atoms with Gasteiger partial charge in [-0.15, -0.1) is 0 Å². The third kappa shape index (κ3) is 3.06. The highest BCUT2D eigenvalue weighted by atomic mass is 79.9. The maximum Gasteiger partial charge on any atom is 0.205 e. The summed E-state index contributed by atoms with van der Waals surface area (Å²) in [6.45, 7) is 0. The fraction of sp³-hybridized carbons (Fsp3) is 0.0909. The summed E-state index contributed by atoms with van der Waals surface area (Å²) in [5.41, 5.74) is 3.21. The Morgan fingerprint density at radius 2 is 2.05 bits per heavy atom. The Kier molecular flexibility index (Phi) is 4.41. The van der Waals surface area contributed by atoms with E-state index in [0.29, 0.717) is 22.4 Å². The normalized spacial score (nSPS) is 10.1. The van der Waals surface area contributed by atoms with Gasteiger partial charge in [-0.25, -0.2) is 15.8 Å². The minimum Gasteiger partial charge on any atom is -0.490 e. The molecule has 100 valence electrons. The van der Waals surface area contributed by atoms with Crippen LogP contribution in [0.15, 0.2) is 29.0 Å². The fourth-order valence-corrected chi connectivity index (χ4v) is 1.90. The molecule has 1 aromatic heterocycles. The first-order chi connectivity index (χ1) is 9.15. The molecular weight excluding hydrogens is 334 g/mol. The zero-order valence-corrected chi connectivity index (χ0v) is 12.3. The average molecular weight is 345 g/mol. The Morgan fingerprint density at radius 1 is 1.32 bits per heavy atom. The number of nitrogen functional groups attached to an aromatic ring is 1. The van der Waals surface area contributed by atoms with E-state index in [1.807, 2.05) is 12.1 Å². The Labute approximate surface area is 123 Å². The molecule has 0 aliphatic rings. The molecule has 0 saturated heterocycles.